The molecular formula is C17H27N. The first-order valence-electron chi connectivity index (χ1n) is 7.63. The first kappa shape index (κ1) is 13.6. The molecule has 1 fully saturated rings. The molecule has 0 spiro atoms. The SMILES string of the molecule is CCCN(CC)C(Cc1ccccc1)C1CCC1. The van der Waals surface area contributed by atoms with Gasteiger partial charge in [0.2, 0.25) is 0 Å². The minimum atomic E-state index is 0.770. The summed E-state index contributed by atoms with van der Waals surface area (Å²) in [6, 6.07) is 11.8. The van der Waals surface area contributed by atoms with Gasteiger partial charge in [-0.2, -0.15) is 0 Å². The van der Waals surface area contributed by atoms with Crippen LogP contribution in [0.3, 0.4) is 0 Å². The van der Waals surface area contributed by atoms with Crippen molar-refractivity contribution in [3.8, 4) is 0 Å². The van der Waals surface area contributed by atoms with E-state index in [1.807, 2.05) is 0 Å². The highest BCUT2D eigenvalue weighted by atomic mass is 15.2. The molecule has 2 rings (SSSR count). The quantitative estimate of drug-likeness (QED) is 0.698. The molecule has 1 aliphatic carbocycles. The van der Waals surface area contributed by atoms with Crippen molar-refractivity contribution in [2.24, 2.45) is 5.92 Å². The molecule has 1 saturated carbocycles. The highest BCUT2D eigenvalue weighted by molar-refractivity contribution is 5.16. The Morgan fingerprint density at radius 2 is 1.89 bits per heavy atom. The van der Waals surface area contributed by atoms with E-state index in [1.165, 1.54) is 50.8 Å². The zero-order chi connectivity index (χ0) is 12.8. The zero-order valence-corrected chi connectivity index (χ0v) is 11.9. The van der Waals surface area contributed by atoms with Crippen LogP contribution in [0, 0.1) is 5.92 Å². The molecule has 1 unspecified atom stereocenters. The number of rotatable bonds is 7. The van der Waals surface area contributed by atoms with Crippen LogP contribution in [-0.2, 0) is 6.42 Å². The first-order chi connectivity index (χ1) is 8.85. The second-order valence-electron chi connectivity index (χ2n) is 5.58. The first-order valence-corrected chi connectivity index (χ1v) is 7.63. The lowest BCUT2D eigenvalue weighted by molar-refractivity contribution is 0.0995. The van der Waals surface area contributed by atoms with Gasteiger partial charge in [-0.3, -0.25) is 0 Å². The summed E-state index contributed by atoms with van der Waals surface area (Å²) in [6.45, 7) is 7.06. The average molecular weight is 245 g/mol. The second kappa shape index (κ2) is 6.94. The predicted molar refractivity (Wildman–Crippen MR) is 78.8 cm³/mol. The Hall–Kier alpha value is -0.820. The lowest BCUT2D eigenvalue weighted by Gasteiger charge is -2.41. The largest absolute Gasteiger partial charge is 0.300 e. The van der Waals surface area contributed by atoms with Gasteiger partial charge < -0.3 is 4.90 Å². The smallest absolute Gasteiger partial charge is 0.0164 e. The van der Waals surface area contributed by atoms with Crippen LogP contribution < -0.4 is 0 Å². The molecule has 1 aromatic rings. The van der Waals surface area contributed by atoms with Gasteiger partial charge in [-0.25, -0.2) is 0 Å². The van der Waals surface area contributed by atoms with E-state index in [-0.39, 0.29) is 0 Å². The zero-order valence-electron chi connectivity index (χ0n) is 11.9. The summed E-state index contributed by atoms with van der Waals surface area (Å²) in [5, 5.41) is 0. The van der Waals surface area contributed by atoms with Crippen LogP contribution in [0.2, 0.25) is 0 Å². The lowest BCUT2D eigenvalue weighted by Crippen LogP contribution is -2.45. The maximum Gasteiger partial charge on any atom is 0.0164 e. The van der Waals surface area contributed by atoms with Gasteiger partial charge in [0.25, 0.3) is 0 Å². The Kier molecular flexibility index (Phi) is 5.25. The molecule has 1 heteroatoms. The third-order valence-corrected chi connectivity index (χ3v) is 4.37. The summed E-state index contributed by atoms with van der Waals surface area (Å²) in [6.07, 6.45) is 6.83. The lowest BCUT2D eigenvalue weighted by atomic mass is 9.77. The number of likely N-dealkylation sites (N-methyl/N-ethyl adjacent to an activating group) is 1. The predicted octanol–water partition coefficient (Wildman–Crippen LogP) is 4.13. The summed E-state index contributed by atoms with van der Waals surface area (Å²) in [5.41, 5.74) is 1.50. The molecule has 100 valence electrons. The molecule has 0 radical (unpaired) electrons. The van der Waals surface area contributed by atoms with E-state index in [0.29, 0.717) is 0 Å². The molecular weight excluding hydrogens is 218 g/mol. The van der Waals surface area contributed by atoms with Gasteiger partial charge in [0.15, 0.2) is 0 Å². The monoisotopic (exact) mass is 245 g/mol. The van der Waals surface area contributed by atoms with Crippen molar-refractivity contribution in [3.05, 3.63) is 35.9 Å². The fourth-order valence-corrected chi connectivity index (χ4v) is 3.12. The van der Waals surface area contributed by atoms with Crippen LogP contribution in [0.1, 0.15) is 45.1 Å². The fraction of sp³-hybridized carbons (Fsp3) is 0.647. The van der Waals surface area contributed by atoms with E-state index in [4.69, 9.17) is 0 Å². The van der Waals surface area contributed by atoms with Crippen molar-refractivity contribution in [3.63, 3.8) is 0 Å². The molecule has 0 bridgehead atoms. The molecule has 0 heterocycles. The topological polar surface area (TPSA) is 3.24 Å². The fourth-order valence-electron chi connectivity index (χ4n) is 3.12. The van der Waals surface area contributed by atoms with Crippen LogP contribution in [0.25, 0.3) is 0 Å². The minimum Gasteiger partial charge on any atom is -0.300 e. The van der Waals surface area contributed by atoms with E-state index in [9.17, 15) is 0 Å². The van der Waals surface area contributed by atoms with Crippen molar-refractivity contribution in [2.45, 2.75) is 52.0 Å². The van der Waals surface area contributed by atoms with Crippen LogP contribution in [-0.4, -0.2) is 24.0 Å². The highest BCUT2D eigenvalue weighted by Crippen LogP contribution is 2.34. The van der Waals surface area contributed by atoms with Crippen molar-refractivity contribution >= 4 is 0 Å². The molecule has 0 aliphatic heterocycles. The van der Waals surface area contributed by atoms with Crippen LogP contribution in [0.5, 0.6) is 0 Å². The van der Waals surface area contributed by atoms with E-state index < -0.39 is 0 Å². The molecule has 1 aliphatic rings. The molecule has 1 atom stereocenters. The second-order valence-corrected chi connectivity index (χ2v) is 5.58. The number of hydrogen-bond acceptors (Lipinski definition) is 1. The maximum atomic E-state index is 2.71. The Balaban J connectivity index is 2.04. The number of nitrogens with zero attached hydrogens (tertiary/aromatic N) is 1. The van der Waals surface area contributed by atoms with E-state index in [2.05, 4.69) is 49.1 Å². The highest BCUT2D eigenvalue weighted by Gasteiger charge is 2.30. The van der Waals surface area contributed by atoms with Gasteiger partial charge in [-0.05, 0) is 50.3 Å². The summed E-state index contributed by atoms with van der Waals surface area (Å²) in [7, 11) is 0. The number of benzene rings is 1. The summed E-state index contributed by atoms with van der Waals surface area (Å²) < 4.78 is 0. The Morgan fingerprint density at radius 3 is 2.39 bits per heavy atom. The van der Waals surface area contributed by atoms with Gasteiger partial charge in [-0.1, -0.05) is 50.6 Å². The van der Waals surface area contributed by atoms with Crippen LogP contribution >= 0.6 is 0 Å². The molecule has 0 N–H and O–H groups in total. The maximum absolute atomic E-state index is 2.71. The summed E-state index contributed by atoms with van der Waals surface area (Å²) in [4.78, 5) is 2.71. The van der Waals surface area contributed by atoms with Gasteiger partial charge in [0.1, 0.15) is 0 Å². The van der Waals surface area contributed by atoms with Crippen molar-refractivity contribution in [2.75, 3.05) is 13.1 Å². The average Bonchev–Trinajstić information content (AvgIpc) is 2.34. The Labute approximate surface area is 112 Å². The molecule has 0 saturated heterocycles. The van der Waals surface area contributed by atoms with Crippen molar-refractivity contribution in [1.29, 1.82) is 0 Å². The molecule has 0 aromatic heterocycles. The normalized spacial score (nSPS) is 17.7. The molecule has 1 aromatic carbocycles. The third kappa shape index (κ3) is 3.35. The van der Waals surface area contributed by atoms with Gasteiger partial charge in [-0.15, -0.1) is 0 Å². The van der Waals surface area contributed by atoms with Crippen molar-refractivity contribution < 1.29 is 0 Å². The van der Waals surface area contributed by atoms with Gasteiger partial charge >= 0.3 is 0 Å². The number of hydrogen-bond donors (Lipinski definition) is 0. The van der Waals surface area contributed by atoms with E-state index in [1.54, 1.807) is 0 Å². The molecule has 0 amide bonds. The van der Waals surface area contributed by atoms with Gasteiger partial charge in [0, 0.05) is 6.04 Å². The van der Waals surface area contributed by atoms with Gasteiger partial charge in [0.05, 0.1) is 0 Å². The van der Waals surface area contributed by atoms with Crippen LogP contribution in [0.15, 0.2) is 30.3 Å². The Bertz CT molecular complexity index is 329. The minimum absolute atomic E-state index is 0.770. The standard InChI is InChI=1S/C17H27N/c1-3-13-18(4-2)17(16-11-8-12-16)14-15-9-6-5-7-10-15/h5-7,9-10,16-17H,3-4,8,11-14H2,1-2H3. The molecule has 18 heavy (non-hydrogen) atoms. The van der Waals surface area contributed by atoms with Crippen LogP contribution in [0.4, 0.5) is 0 Å². The van der Waals surface area contributed by atoms with E-state index in [0.717, 1.165) is 12.0 Å². The third-order valence-electron chi connectivity index (χ3n) is 4.37. The molecule has 1 nitrogen and oxygen atoms in total. The Morgan fingerprint density at radius 1 is 1.17 bits per heavy atom. The summed E-state index contributed by atoms with van der Waals surface area (Å²) >= 11 is 0. The van der Waals surface area contributed by atoms with E-state index >= 15 is 0 Å². The summed E-state index contributed by atoms with van der Waals surface area (Å²) in [5.74, 6) is 0.941. The van der Waals surface area contributed by atoms with Crippen molar-refractivity contribution in [1.82, 2.24) is 4.90 Å².